The fraction of sp³-hybridized carbons (Fsp3) is 0.458. The number of esters is 1. The van der Waals surface area contributed by atoms with E-state index >= 15 is 0 Å². The summed E-state index contributed by atoms with van der Waals surface area (Å²) < 4.78 is 46.9. The highest BCUT2D eigenvalue weighted by Crippen LogP contribution is 2.27. The van der Waals surface area contributed by atoms with Crippen molar-refractivity contribution in [1.82, 2.24) is 4.98 Å². The monoisotopic (exact) mass is 462 g/mol. The van der Waals surface area contributed by atoms with Crippen LogP contribution in [0.1, 0.15) is 59.4 Å². The molecule has 0 amide bonds. The third-order valence-corrected chi connectivity index (χ3v) is 4.80. The molecule has 6 nitrogen and oxygen atoms in total. The van der Waals surface area contributed by atoms with Crippen LogP contribution < -0.4 is 10.6 Å². The highest BCUT2D eigenvalue weighted by molar-refractivity contribution is 5.70. The van der Waals surface area contributed by atoms with Gasteiger partial charge in [-0.3, -0.25) is 4.79 Å². The van der Waals surface area contributed by atoms with Crippen LogP contribution in [-0.4, -0.2) is 22.6 Å². The van der Waals surface area contributed by atoms with Crippen LogP contribution in [0.5, 0.6) is 0 Å². The molecule has 0 bridgehead atoms. The van der Waals surface area contributed by atoms with Gasteiger partial charge >= 0.3 is 5.97 Å². The molecule has 0 unspecified atom stereocenters. The molecule has 33 heavy (non-hydrogen) atoms. The Balaban J connectivity index is 2.27. The normalized spacial score (nSPS) is 13.1. The van der Waals surface area contributed by atoms with Crippen molar-refractivity contribution in [2.75, 3.05) is 10.6 Å². The second-order valence-corrected chi connectivity index (χ2v) is 8.89. The number of aromatic nitrogens is 1. The molecule has 0 aliphatic heterocycles. The van der Waals surface area contributed by atoms with Crippen LogP contribution in [0.3, 0.4) is 0 Å². The second kappa shape index (κ2) is 11.0. The van der Waals surface area contributed by atoms with Crippen molar-refractivity contribution in [3.63, 3.8) is 0 Å². The summed E-state index contributed by atoms with van der Waals surface area (Å²) >= 11 is 0. The Morgan fingerprint density at radius 1 is 1.15 bits per heavy atom. The van der Waals surface area contributed by atoms with Crippen LogP contribution in [0, 0.1) is 34.7 Å². The summed E-state index contributed by atoms with van der Waals surface area (Å²) in [5.41, 5.74) is -0.554. The molecule has 2 N–H and O–H groups in total. The first-order chi connectivity index (χ1) is 15.4. The predicted octanol–water partition coefficient (Wildman–Crippen LogP) is 6.06. The number of hydrogen-bond donors (Lipinski definition) is 2. The molecule has 0 aliphatic rings. The van der Waals surface area contributed by atoms with Gasteiger partial charge in [0.2, 0.25) is 0 Å². The summed E-state index contributed by atoms with van der Waals surface area (Å²) in [6.45, 7) is 9.19. The molecule has 0 saturated carbocycles. The Kier molecular flexibility index (Phi) is 8.69. The maximum absolute atomic E-state index is 14.7. The summed E-state index contributed by atoms with van der Waals surface area (Å²) in [4.78, 5) is 16.4. The Hall–Kier alpha value is -3.28. The SMILES string of the molecule is CCC[C@@H](Nc1nc(Nc2ccc(F)c(F)c2)c(C#N)cc1F)[C@H](C)CC(=O)OC(C)(C)C. The van der Waals surface area contributed by atoms with Gasteiger partial charge in [-0.05, 0) is 51.3 Å². The van der Waals surface area contributed by atoms with Crippen LogP contribution in [0.15, 0.2) is 24.3 Å². The number of rotatable bonds is 9. The number of benzene rings is 1. The number of nitrogens with one attached hydrogen (secondary N) is 2. The zero-order valence-electron chi connectivity index (χ0n) is 19.4. The van der Waals surface area contributed by atoms with E-state index in [2.05, 4.69) is 15.6 Å². The van der Waals surface area contributed by atoms with E-state index < -0.39 is 23.1 Å². The van der Waals surface area contributed by atoms with Crippen molar-refractivity contribution in [2.45, 2.75) is 65.5 Å². The van der Waals surface area contributed by atoms with Crippen molar-refractivity contribution in [3.05, 3.63) is 47.3 Å². The summed E-state index contributed by atoms with van der Waals surface area (Å²) in [6, 6.07) is 5.68. The molecule has 0 aliphatic carbocycles. The van der Waals surface area contributed by atoms with Crippen LogP contribution in [0.25, 0.3) is 0 Å². The van der Waals surface area contributed by atoms with E-state index in [9.17, 15) is 23.2 Å². The van der Waals surface area contributed by atoms with Gasteiger partial charge in [0, 0.05) is 17.8 Å². The number of nitriles is 1. The highest BCUT2D eigenvalue weighted by Gasteiger charge is 2.25. The fourth-order valence-corrected chi connectivity index (χ4v) is 3.26. The number of halogens is 3. The van der Waals surface area contributed by atoms with Gasteiger partial charge in [-0.1, -0.05) is 20.3 Å². The van der Waals surface area contributed by atoms with Gasteiger partial charge in [0.1, 0.15) is 11.7 Å². The highest BCUT2D eigenvalue weighted by atomic mass is 19.2. The Labute approximate surface area is 192 Å². The van der Waals surface area contributed by atoms with Crippen molar-refractivity contribution in [3.8, 4) is 6.07 Å². The largest absolute Gasteiger partial charge is 0.460 e. The number of carbonyl (C=O) groups is 1. The topological polar surface area (TPSA) is 87.0 Å². The first-order valence-electron chi connectivity index (χ1n) is 10.7. The van der Waals surface area contributed by atoms with Gasteiger partial charge in [0.05, 0.1) is 12.0 Å². The fourth-order valence-electron chi connectivity index (χ4n) is 3.26. The molecular formula is C24H29F3N4O2. The van der Waals surface area contributed by atoms with Crippen LogP contribution in [0.4, 0.5) is 30.5 Å². The molecule has 0 fully saturated rings. The third-order valence-electron chi connectivity index (χ3n) is 4.80. The molecule has 0 radical (unpaired) electrons. The minimum absolute atomic E-state index is 0.0116. The molecule has 2 rings (SSSR count). The lowest BCUT2D eigenvalue weighted by atomic mass is 9.94. The molecule has 1 aromatic heterocycles. The van der Waals surface area contributed by atoms with Crippen LogP contribution in [-0.2, 0) is 9.53 Å². The minimum Gasteiger partial charge on any atom is -0.460 e. The lowest BCUT2D eigenvalue weighted by Gasteiger charge is -2.27. The molecule has 2 aromatic rings. The smallest absolute Gasteiger partial charge is 0.306 e. The Morgan fingerprint density at radius 3 is 2.42 bits per heavy atom. The third kappa shape index (κ3) is 7.67. The van der Waals surface area contributed by atoms with E-state index in [-0.39, 0.29) is 47.2 Å². The summed E-state index contributed by atoms with van der Waals surface area (Å²) in [5.74, 6) is -3.51. The molecule has 178 valence electrons. The first-order valence-corrected chi connectivity index (χ1v) is 10.7. The van der Waals surface area contributed by atoms with Crippen molar-refractivity contribution in [1.29, 1.82) is 5.26 Å². The molecule has 2 atom stereocenters. The van der Waals surface area contributed by atoms with Crippen LogP contribution >= 0.6 is 0 Å². The zero-order valence-corrected chi connectivity index (χ0v) is 19.4. The number of anilines is 3. The van der Waals surface area contributed by atoms with Crippen molar-refractivity contribution in [2.24, 2.45) is 5.92 Å². The van der Waals surface area contributed by atoms with E-state index in [4.69, 9.17) is 4.74 Å². The summed E-state index contributed by atoms with van der Waals surface area (Å²) in [6.07, 6.45) is 1.54. The van der Waals surface area contributed by atoms with Crippen molar-refractivity contribution < 1.29 is 22.7 Å². The summed E-state index contributed by atoms with van der Waals surface area (Å²) in [5, 5.41) is 15.1. The Morgan fingerprint density at radius 2 is 1.85 bits per heavy atom. The molecular weight excluding hydrogens is 433 g/mol. The number of ether oxygens (including phenoxy) is 1. The number of pyridine rings is 1. The lowest BCUT2D eigenvalue weighted by Crippen LogP contribution is -2.32. The number of nitrogens with zero attached hydrogens (tertiary/aromatic N) is 2. The van der Waals surface area contributed by atoms with E-state index in [1.54, 1.807) is 20.8 Å². The Bertz CT molecular complexity index is 1030. The zero-order chi connectivity index (χ0) is 24.8. The van der Waals surface area contributed by atoms with E-state index in [0.29, 0.717) is 6.42 Å². The van der Waals surface area contributed by atoms with Gasteiger partial charge in [-0.2, -0.15) is 5.26 Å². The van der Waals surface area contributed by atoms with Gasteiger partial charge < -0.3 is 15.4 Å². The average Bonchev–Trinajstić information content (AvgIpc) is 2.70. The van der Waals surface area contributed by atoms with E-state index in [1.807, 2.05) is 19.9 Å². The molecule has 0 spiro atoms. The average molecular weight is 463 g/mol. The first kappa shape index (κ1) is 26.0. The standard InChI is InChI=1S/C24H29F3N4O2/c1-6-7-20(14(2)10-21(32)33-24(3,4)5)30-23-19(27)11-15(13-28)22(31-23)29-16-8-9-17(25)18(26)12-16/h8-9,11-12,14,20H,6-7,10H2,1-5H3,(H2,29,30,31)/t14-,20-/m1/s1. The van der Waals surface area contributed by atoms with Gasteiger partial charge in [0.25, 0.3) is 0 Å². The molecule has 0 saturated heterocycles. The van der Waals surface area contributed by atoms with E-state index in [1.165, 1.54) is 6.07 Å². The minimum atomic E-state index is -1.07. The van der Waals surface area contributed by atoms with Gasteiger partial charge in [0.15, 0.2) is 29.1 Å². The number of carbonyl (C=O) groups excluding carboxylic acids is 1. The van der Waals surface area contributed by atoms with E-state index in [0.717, 1.165) is 24.6 Å². The number of hydrogen-bond acceptors (Lipinski definition) is 6. The van der Waals surface area contributed by atoms with Gasteiger partial charge in [-0.25, -0.2) is 18.2 Å². The molecule has 9 heteroatoms. The predicted molar refractivity (Wildman–Crippen MR) is 120 cm³/mol. The maximum atomic E-state index is 14.7. The summed E-state index contributed by atoms with van der Waals surface area (Å²) in [7, 11) is 0. The quantitative estimate of drug-likeness (QED) is 0.440. The van der Waals surface area contributed by atoms with Crippen molar-refractivity contribution >= 4 is 23.3 Å². The van der Waals surface area contributed by atoms with Gasteiger partial charge in [-0.15, -0.1) is 0 Å². The second-order valence-electron chi connectivity index (χ2n) is 8.89. The molecule has 1 heterocycles. The lowest BCUT2D eigenvalue weighted by molar-refractivity contribution is -0.155. The van der Waals surface area contributed by atoms with Crippen LogP contribution in [0.2, 0.25) is 0 Å². The maximum Gasteiger partial charge on any atom is 0.306 e. The molecule has 1 aromatic carbocycles.